The highest BCUT2D eigenvalue weighted by molar-refractivity contribution is 9.10. The largest absolute Gasteiger partial charge is 0.480 e. The Labute approximate surface area is 203 Å². The number of rotatable bonds is 7. The van der Waals surface area contributed by atoms with E-state index in [1.54, 1.807) is 4.90 Å². The number of thioether (sulfide) groups is 1. The Hall–Kier alpha value is -1.15. The van der Waals surface area contributed by atoms with Gasteiger partial charge < -0.3 is 10.0 Å². The van der Waals surface area contributed by atoms with Gasteiger partial charge in [0.2, 0.25) is 0 Å². The SMILES string of the molecule is O=C(O)CN1C(=Cc2sc3csc(Cl)c3[n+]2CCCS(=O)(=O)O)Sc2ccc(Br)cc21. The fourth-order valence-corrected chi connectivity index (χ4v) is 7.67. The molecule has 13 heteroatoms. The zero-order chi connectivity index (χ0) is 22.3. The van der Waals surface area contributed by atoms with E-state index in [0.29, 0.717) is 10.9 Å². The third-order valence-corrected chi connectivity index (χ3v) is 9.29. The number of hydrogen-bond acceptors (Lipinski definition) is 7. The molecule has 31 heavy (non-hydrogen) atoms. The summed E-state index contributed by atoms with van der Waals surface area (Å²) in [6.07, 6.45) is 2.12. The number of aliphatic carboxylic acids is 1. The Morgan fingerprint density at radius 2 is 2.13 bits per heavy atom. The van der Waals surface area contributed by atoms with Gasteiger partial charge in [0.1, 0.15) is 11.2 Å². The van der Waals surface area contributed by atoms with Gasteiger partial charge in [-0.25, -0.2) is 0 Å². The van der Waals surface area contributed by atoms with Gasteiger partial charge in [0.25, 0.3) is 20.6 Å². The maximum Gasteiger partial charge on any atom is 0.323 e. The Bertz CT molecular complexity index is 1320. The zero-order valence-corrected chi connectivity index (χ0v) is 21.2. The summed E-state index contributed by atoms with van der Waals surface area (Å²) in [6, 6.07) is 5.73. The van der Waals surface area contributed by atoms with Crippen LogP contribution in [0, 0.1) is 0 Å². The zero-order valence-electron chi connectivity index (χ0n) is 15.6. The second-order valence-electron chi connectivity index (χ2n) is 6.63. The average molecular weight is 583 g/mol. The Morgan fingerprint density at radius 1 is 1.35 bits per heavy atom. The highest BCUT2D eigenvalue weighted by atomic mass is 79.9. The molecule has 0 saturated carbocycles. The third kappa shape index (κ3) is 5.10. The second kappa shape index (κ2) is 9.00. The molecule has 0 amide bonds. The van der Waals surface area contributed by atoms with Crippen molar-refractivity contribution in [1.29, 1.82) is 0 Å². The van der Waals surface area contributed by atoms with E-state index >= 15 is 0 Å². The standard InChI is InChI=1S/C18H14BrClN2O5S4/c19-10-2-3-12-11(6-10)22(8-16(23)24)15(29-12)7-14-21(4-1-5-31(25,26)27)17-13(30-14)9-28-18(17)20/h2-3,6-7,9H,1,4-5,8H2,(H-,23,24,25,26,27)/p+1. The predicted octanol–water partition coefficient (Wildman–Crippen LogP) is 4.94. The molecule has 1 aliphatic rings. The Morgan fingerprint density at radius 3 is 2.84 bits per heavy atom. The molecule has 2 N–H and O–H groups in total. The molecular formula is C18H15BrClN2O5S4+. The molecule has 0 bridgehead atoms. The number of thiazole rings is 1. The van der Waals surface area contributed by atoms with Crippen LogP contribution >= 0.6 is 62.0 Å². The van der Waals surface area contributed by atoms with Crippen LogP contribution < -0.4 is 9.47 Å². The van der Waals surface area contributed by atoms with Crippen LogP contribution in [0.25, 0.3) is 16.3 Å². The highest BCUT2D eigenvalue weighted by Crippen LogP contribution is 2.48. The maximum atomic E-state index is 11.5. The van der Waals surface area contributed by atoms with Crippen LogP contribution in [0.15, 0.2) is 38.0 Å². The quantitative estimate of drug-likeness (QED) is 0.301. The highest BCUT2D eigenvalue weighted by Gasteiger charge is 2.30. The first-order valence-corrected chi connectivity index (χ1v) is 14.1. The molecule has 0 aliphatic carbocycles. The minimum Gasteiger partial charge on any atom is -0.480 e. The Kier molecular flexibility index (Phi) is 6.69. The second-order valence-corrected chi connectivity index (χ2v) is 12.7. The number of carboxylic acid groups (broad SMARTS) is 1. The lowest BCUT2D eigenvalue weighted by molar-refractivity contribution is -0.668. The lowest BCUT2D eigenvalue weighted by Gasteiger charge is -2.17. The van der Waals surface area contributed by atoms with Crippen LogP contribution in [-0.4, -0.2) is 36.3 Å². The van der Waals surface area contributed by atoms with E-state index in [0.717, 1.165) is 35.3 Å². The van der Waals surface area contributed by atoms with E-state index in [9.17, 15) is 18.3 Å². The molecule has 2 aromatic heterocycles. The van der Waals surface area contributed by atoms with Gasteiger partial charge in [-0.05, 0) is 18.2 Å². The number of fused-ring (bicyclic) bond motifs is 2. The summed E-state index contributed by atoms with van der Waals surface area (Å²) in [5.41, 5.74) is 1.62. The molecule has 1 aliphatic heterocycles. The molecule has 1 aromatic carbocycles. The number of carboxylic acids is 1. The summed E-state index contributed by atoms with van der Waals surface area (Å²) >= 11 is 14.2. The molecule has 4 rings (SSSR count). The van der Waals surface area contributed by atoms with Crippen molar-refractivity contribution in [3.8, 4) is 0 Å². The molecular weight excluding hydrogens is 568 g/mol. The van der Waals surface area contributed by atoms with Gasteiger partial charge in [-0.15, -0.1) is 11.3 Å². The number of halogens is 2. The molecule has 164 valence electrons. The smallest absolute Gasteiger partial charge is 0.323 e. The van der Waals surface area contributed by atoms with Crippen molar-refractivity contribution in [3.05, 3.63) is 42.4 Å². The summed E-state index contributed by atoms with van der Waals surface area (Å²) in [5.74, 6) is -1.30. The van der Waals surface area contributed by atoms with E-state index in [2.05, 4.69) is 15.9 Å². The van der Waals surface area contributed by atoms with Crippen molar-refractivity contribution in [2.45, 2.75) is 17.9 Å². The fraction of sp³-hybridized carbons (Fsp3) is 0.222. The molecule has 7 nitrogen and oxygen atoms in total. The molecule has 0 saturated heterocycles. The predicted molar refractivity (Wildman–Crippen MR) is 129 cm³/mol. The van der Waals surface area contributed by atoms with Crippen molar-refractivity contribution in [2.75, 3.05) is 17.2 Å². The number of nitrogens with zero attached hydrogens (tertiary/aromatic N) is 2. The first-order valence-electron chi connectivity index (χ1n) is 8.85. The lowest BCUT2D eigenvalue weighted by atomic mass is 10.3. The molecule has 0 atom stereocenters. The number of benzene rings is 1. The molecule has 0 spiro atoms. The van der Waals surface area contributed by atoms with Crippen LogP contribution in [0.1, 0.15) is 11.4 Å². The van der Waals surface area contributed by atoms with Gasteiger partial charge in [-0.1, -0.05) is 50.6 Å². The number of hydrogen-bond donors (Lipinski definition) is 2. The van der Waals surface area contributed by atoms with E-state index < -0.39 is 16.1 Å². The average Bonchev–Trinajstić information content (AvgIpc) is 3.29. The van der Waals surface area contributed by atoms with Crippen molar-refractivity contribution in [1.82, 2.24) is 0 Å². The van der Waals surface area contributed by atoms with E-state index in [4.69, 9.17) is 16.2 Å². The van der Waals surface area contributed by atoms with Gasteiger partial charge >= 0.3 is 5.97 Å². The van der Waals surface area contributed by atoms with Crippen LogP contribution in [0.2, 0.25) is 4.34 Å². The Balaban J connectivity index is 1.75. The lowest BCUT2D eigenvalue weighted by Crippen LogP contribution is -2.36. The monoisotopic (exact) mass is 581 g/mol. The summed E-state index contributed by atoms with van der Waals surface area (Å²) in [5, 5.41) is 12.9. The van der Waals surface area contributed by atoms with Crippen LogP contribution in [0.4, 0.5) is 5.69 Å². The van der Waals surface area contributed by atoms with Crippen molar-refractivity contribution >= 4 is 100 Å². The molecule has 0 unspecified atom stereocenters. The van der Waals surface area contributed by atoms with Crippen molar-refractivity contribution in [3.63, 3.8) is 0 Å². The topological polar surface area (TPSA) is 98.8 Å². The molecule has 3 aromatic rings. The van der Waals surface area contributed by atoms with Gasteiger partial charge in [-0.2, -0.15) is 13.0 Å². The van der Waals surface area contributed by atoms with Gasteiger partial charge in [0, 0.05) is 21.2 Å². The number of anilines is 1. The molecule has 0 radical (unpaired) electrons. The maximum absolute atomic E-state index is 11.5. The normalized spacial score (nSPS) is 15.2. The number of aromatic nitrogens is 1. The first kappa shape index (κ1) is 23.0. The molecule has 3 heterocycles. The summed E-state index contributed by atoms with van der Waals surface area (Å²) in [4.78, 5) is 14.2. The van der Waals surface area contributed by atoms with Crippen LogP contribution in [-0.2, 0) is 21.5 Å². The van der Waals surface area contributed by atoms with Crippen LogP contribution in [0.5, 0.6) is 0 Å². The van der Waals surface area contributed by atoms with Crippen molar-refractivity contribution < 1.29 is 27.4 Å². The van der Waals surface area contributed by atoms with Gasteiger partial charge in [0.15, 0.2) is 10.9 Å². The summed E-state index contributed by atoms with van der Waals surface area (Å²) in [7, 11) is -4.06. The minimum absolute atomic E-state index is 0.189. The number of carbonyl (C=O) groups is 1. The summed E-state index contributed by atoms with van der Waals surface area (Å²) in [6.45, 7) is 0.155. The van der Waals surface area contributed by atoms with E-state index in [1.165, 1.54) is 34.4 Å². The van der Waals surface area contributed by atoms with Gasteiger partial charge in [0.05, 0.1) is 22.5 Å². The van der Waals surface area contributed by atoms with E-state index in [1.807, 2.05) is 34.2 Å². The van der Waals surface area contributed by atoms with Crippen LogP contribution in [0.3, 0.4) is 0 Å². The number of aryl methyl sites for hydroxylation is 1. The minimum atomic E-state index is -4.06. The molecule has 0 fully saturated rings. The van der Waals surface area contributed by atoms with E-state index in [-0.39, 0.29) is 18.7 Å². The fourth-order valence-electron chi connectivity index (χ4n) is 3.22. The first-order chi connectivity index (χ1) is 14.6. The number of thiophene rings is 1. The van der Waals surface area contributed by atoms with Crippen molar-refractivity contribution in [2.24, 2.45) is 0 Å². The summed E-state index contributed by atoms with van der Waals surface area (Å²) < 4.78 is 35.7. The van der Waals surface area contributed by atoms with Gasteiger partial charge in [-0.3, -0.25) is 9.35 Å². The third-order valence-electron chi connectivity index (χ3n) is 4.46.